The van der Waals surface area contributed by atoms with Crippen molar-refractivity contribution in [2.45, 2.75) is 26.5 Å². The minimum absolute atomic E-state index is 0. The van der Waals surface area contributed by atoms with E-state index < -0.39 is 6.23 Å². The van der Waals surface area contributed by atoms with E-state index in [1.54, 1.807) is 0 Å². The first kappa shape index (κ1) is 23.2. The molecule has 7 heteroatoms. The van der Waals surface area contributed by atoms with Crippen LogP contribution in [0.4, 0.5) is 0 Å². The van der Waals surface area contributed by atoms with Crippen LogP contribution in [0.2, 0.25) is 0 Å². The molecule has 0 saturated carbocycles. The first-order valence-corrected chi connectivity index (χ1v) is 11.3. The highest BCUT2D eigenvalue weighted by Gasteiger charge is 2.13. The molecular formula is C24H38N6O. The Morgan fingerprint density at radius 3 is 2.84 bits per heavy atom. The Morgan fingerprint density at radius 2 is 2.03 bits per heavy atom. The molecule has 0 aliphatic carbocycles. The van der Waals surface area contributed by atoms with Gasteiger partial charge in [0.25, 0.3) is 0 Å². The lowest BCUT2D eigenvalue weighted by Gasteiger charge is -2.32. The van der Waals surface area contributed by atoms with Gasteiger partial charge in [0.1, 0.15) is 12.1 Å². The lowest BCUT2D eigenvalue weighted by atomic mass is 10.1. The second-order valence-electron chi connectivity index (χ2n) is 7.62. The van der Waals surface area contributed by atoms with Crippen molar-refractivity contribution in [1.82, 2.24) is 24.8 Å². The fourth-order valence-corrected chi connectivity index (χ4v) is 3.70. The molecule has 4 N–H and O–H groups in total. The molecule has 4 rings (SSSR count). The number of rotatable bonds is 8. The second kappa shape index (κ2) is 11.8. The van der Waals surface area contributed by atoms with Gasteiger partial charge in [0.05, 0.1) is 18.5 Å². The largest absolute Gasteiger partial charge is 0.361 e. The average molecular weight is 427 g/mol. The minimum Gasteiger partial charge on any atom is -0.361 e. The van der Waals surface area contributed by atoms with Crippen molar-refractivity contribution in [1.29, 1.82) is 0 Å². The molecule has 170 valence electrons. The van der Waals surface area contributed by atoms with Crippen LogP contribution in [0, 0.1) is 0 Å². The number of aromatic nitrogens is 3. The van der Waals surface area contributed by atoms with Gasteiger partial charge < -0.3 is 30.2 Å². The monoisotopic (exact) mass is 426 g/mol. The van der Waals surface area contributed by atoms with Gasteiger partial charge in [-0.1, -0.05) is 26.0 Å². The van der Waals surface area contributed by atoms with Gasteiger partial charge in [-0.15, -0.1) is 0 Å². The Balaban J connectivity index is 0.00000118. The summed E-state index contributed by atoms with van der Waals surface area (Å²) in [5.74, 6) is 0.768. The van der Waals surface area contributed by atoms with Crippen molar-refractivity contribution in [3.63, 3.8) is 0 Å². The number of hydrogen-bond donors (Lipinski definition) is 3. The number of fused-ring (bicyclic) bond motifs is 1. The zero-order valence-electron chi connectivity index (χ0n) is 19.0. The number of aromatic amines is 2. The molecule has 3 aromatic rings. The molecule has 31 heavy (non-hydrogen) atoms. The zero-order chi connectivity index (χ0) is 22.1. The van der Waals surface area contributed by atoms with Crippen LogP contribution >= 0.6 is 0 Å². The Morgan fingerprint density at radius 1 is 1.23 bits per heavy atom. The minimum atomic E-state index is -0.427. The van der Waals surface area contributed by atoms with Gasteiger partial charge in [-0.05, 0) is 37.8 Å². The molecule has 3 heterocycles. The summed E-state index contributed by atoms with van der Waals surface area (Å²) < 4.78 is 5.72. The fourth-order valence-electron chi connectivity index (χ4n) is 3.70. The molecule has 1 atom stereocenters. The van der Waals surface area contributed by atoms with Gasteiger partial charge >= 0.3 is 0 Å². The molecule has 1 aromatic carbocycles. The number of benzene rings is 1. The number of imidazole rings is 1. The van der Waals surface area contributed by atoms with Crippen LogP contribution in [-0.2, 0) is 4.74 Å². The smallest absolute Gasteiger partial charge is 0.130 e. The average Bonchev–Trinajstić information content (AvgIpc) is 3.47. The Kier molecular flexibility index (Phi) is 8.85. The number of ether oxygens (including phenoxy) is 1. The maximum absolute atomic E-state index is 6.06. The Labute approximate surface area is 186 Å². The summed E-state index contributed by atoms with van der Waals surface area (Å²) in [4.78, 5) is 15.9. The van der Waals surface area contributed by atoms with Gasteiger partial charge in [-0.2, -0.15) is 0 Å². The number of nitrogens with two attached hydrogens (primary N) is 1. The SMILES string of the molecule is CC.CN1CCN(CCCOC(N)/C=C\c2ncc(-c3cccc4[nH]ccc34)[nH]2)CC1.[HH]. The fraction of sp³-hybridized carbons (Fsp3) is 0.458. The highest BCUT2D eigenvalue weighted by Crippen LogP contribution is 2.26. The lowest BCUT2D eigenvalue weighted by molar-refractivity contribution is 0.0747. The summed E-state index contributed by atoms with van der Waals surface area (Å²) in [6.07, 6.45) is 8.09. The van der Waals surface area contributed by atoms with Crippen molar-refractivity contribution in [3.8, 4) is 11.3 Å². The van der Waals surface area contributed by atoms with E-state index in [1.165, 1.54) is 5.39 Å². The normalized spacial score (nSPS) is 16.5. The number of hydrogen-bond acceptors (Lipinski definition) is 5. The summed E-state index contributed by atoms with van der Waals surface area (Å²) in [6.45, 7) is 10.3. The molecule has 1 fully saturated rings. The Bertz CT molecular complexity index is 945. The van der Waals surface area contributed by atoms with Crippen LogP contribution in [-0.4, -0.2) is 77.4 Å². The molecule has 0 amide bonds. The summed E-state index contributed by atoms with van der Waals surface area (Å²) in [5, 5.41) is 1.17. The van der Waals surface area contributed by atoms with E-state index in [0.29, 0.717) is 6.61 Å². The first-order valence-electron chi connectivity index (χ1n) is 11.3. The molecule has 1 saturated heterocycles. The van der Waals surface area contributed by atoms with Gasteiger partial charge in [0, 0.05) is 56.8 Å². The summed E-state index contributed by atoms with van der Waals surface area (Å²) in [7, 11) is 2.18. The second-order valence-corrected chi connectivity index (χ2v) is 7.62. The third-order valence-electron chi connectivity index (χ3n) is 5.45. The number of nitrogens with zero attached hydrogens (tertiary/aromatic N) is 3. The predicted molar refractivity (Wildman–Crippen MR) is 131 cm³/mol. The Hall–Kier alpha value is -2.45. The van der Waals surface area contributed by atoms with E-state index in [0.717, 1.165) is 61.7 Å². The number of piperazine rings is 1. The third kappa shape index (κ3) is 6.51. The van der Waals surface area contributed by atoms with Crippen molar-refractivity contribution >= 4 is 17.0 Å². The van der Waals surface area contributed by atoms with E-state index in [9.17, 15) is 0 Å². The molecule has 0 bridgehead atoms. The maximum atomic E-state index is 6.06. The summed E-state index contributed by atoms with van der Waals surface area (Å²) >= 11 is 0. The van der Waals surface area contributed by atoms with E-state index in [1.807, 2.05) is 44.5 Å². The highest BCUT2D eigenvalue weighted by atomic mass is 16.5. The van der Waals surface area contributed by atoms with Crippen LogP contribution in [0.15, 0.2) is 42.7 Å². The topological polar surface area (TPSA) is 86.2 Å². The van der Waals surface area contributed by atoms with Crippen molar-refractivity contribution in [2.24, 2.45) is 5.73 Å². The van der Waals surface area contributed by atoms with Crippen LogP contribution in [0.3, 0.4) is 0 Å². The van der Waals surface area contributed by atoms with Gasteiger partial charge in [-0.3, -0.25) is 0 Å². The highest BCUT2D eigenvalue weighted by molar-refractivity contribution is 5.94. The van der Waals surface area contributed by atoms with E-state index >= 15 is 0 Å². The van der Waals surface area contributed by atoms with E-state index in [-0.39, 0.29) is 1.43 Å². The van der Waals surface area contributed by atoms with Crippen LogP contribution < -0.4 is 5.73 Å². The van der Waals surface area contributed by atoms with E-state index in [4.69, 9.17) is 10.5 Å². The molecule has 0 radical (unpaired) electrons. The number of H-pyrrole nitrogens is 2. The van der Waals surface area contributed by atoms with E-state index in [2.05, 4.69) is 50.0 Å². The van der Waals surface area contributed by atoms with Crippen LogP contribution in [0.5, 0.6) is 0 Å². The molecule has 1 aliphatic rings. The van der Waals surface area contributed by atoms with Gasteiger partial charge in [0.15, 0.2) is 0 Å². The number of nitrogens with one attached hydrogen (secondary N) is 2. The van der Waals surface area contributed by atoms with Gasteiger partial charge in [-0.25, -0.2) is 4.98 Å². The van der Waals surface area contributed by atoms with Crippen LogP contribution in [0.1, 0.15) is 27.5 Å². The summed E-state index contributed by atoms with van der Waals surface area (Å²) in [5.41, 5.74) is 9.28. The van der Waals surface area contributed by atoms with Crippen molar-refractivity contribution < 1.29 is 6.16 Å². The number of likely N-dealkylation sites (N-methyl/N-ethyl adjacent to an activating group) is 1. The quantitative estimate of drug-likeness (QED) is 0.377. The standard InChI is InChI=1S/C22H30N6O.C2H6.H2/c1-27-11-13-28(14-12-27)10-3-15-29-21(23)6-7-22-25-16-20(26-22)17-4-2-5-19-18(17)8-9-24-19;1-2;/h2,4-9,16,21,24H,3,10-15,23H2,1H3,(H,25,26);1-2H3;1H/b7-6-;;. The zero-order valence-corrected chi connectivity index (χ0v) is 19.0. The molecule has 1 unspecified atom stereocenters. The molecular weight excluding hydrogens is 388 g/mol. The lowest BCUT2D eigenvalue weighted by Crippen LogP contribution is -2.44. The predicted octanol–water partition coefficient (Wildman–Crippen LogP) is 3.78. The molecule has 1 aliphatic heterocycles. The molecule has 0 spiro atoms. The first-order chi connectivity index (χ1) is 15.2. The summed E-state index contributed by atoms with van der Waals surface area (Å²) in [6, 6.07) is 8.27. The van der Waals surface area contributed by atoms with Crippen molar-refractivity contribution in [2.75, 3.05) is 46.4 Å². The van der Waals surface area contributed by atoms with Crippen LogP contribution in [0.25, 0.3) is 28.2 Å². The maximum Gasteiger partial charge on any atom is 0.130 e. The third-order valence-corrected chi connectivity index (χ3v) is 5.45. The van der Waals surface area contributed by atoms with Crippen molar-refractivity contribution in [3.05, 3.63) is 48.6 Å². The molecule has 2 aromatic heterocycles. The molecule has 7 nitrogen and oxygen atoms in total. The van der Waals surface area contributed by atoms with Gasteiger partial charge in [0.2, 0.25) is 0 Å².